The lowest BCUT2D eigenvalue weighted by Gasteiger charge is -2.40. The van der Waals surface area contributed by atoms with Crippen molar-refractivity contribution >= 4 is 0 Å². The van der Waals surface area contributed by atoms with Crippen LogP contribution in [0.5, 0.6) is 0 Å². The minimum atomic E-state index is 0.112. The molecular weight excluding hydrogens is 210 g/mol. The lowest BCUT2D eigenvalue weighted by atomic mass is 9.79. The highest BCUT2D eigenvalue weighted by molar-refractivity contribution is 5.23. The van der Waals surface area contributed by atoms with Gasteiger partial charge in [-0.3, -0.25) is 4.90 Å². The highest BCUT2D eigenvalue weighted by Crippen LogP contribution is 2.39. The number of hydrogen-bond donors (Lipinski definition) is 0. The van der Waals surface area contributed by atoms with E-state index in [1.54, 1.807) is 0 Å². The highest BCUT2D eigenvalue weighted by atomic mass is 16.5. The Balaban J connectivity index is 3.03. The molecule has 0 spiro atoms. The highest BCUT2D eigenvalue weighted by Gasteiger charge is 2.33. The molecule has 0 aromatic heterocycles. The van der Waals surface area contributed by atoms with E-state index >= 15 is 0 Å². The molecule has 0 fully saturated rings. The Labute approximate surface area is 107 Å². The van der Waals surface area contributed by atoms with Crippen LogP contribution in [0.2, 0.25) is 0 Å². The molecule has 2 nitrogen and oxygen atoms in total. The molecule has 0 bridgehead atoms. The predicted molar refractivity (Wildman–Crippen MR) is 73.8 cm³/mol. The minimum Gasteiger partial charge on any atom is -0.482 e. The summed E-state index contributed by atoms with van der Waals surface area (Å²) in [5, 5.41) is 0. The first-order valence-corrected chi connectivity index (χ1v) is 6.75. The van der Waals surface area contributed by atoms with Crippen molar-refractivity contribution in [2.45, 2.75) is 54.9 Å². The first-order chi connectivity index (χ1) is 7.66. The van der Waals surface area contributed by atoms with Gasteiger partial charge in [0.25, 0.3) is 0 Å². The number of rotatable bonds is 2. The van der Waals surface area contributed by atoms with E-state index in [1.165, 1.54) is 17.8 Å². The van der Waals surface area contributed by atoms with Gasteiger partial charge in [0.05, 0.1) is 0 Å². The van der Waals surface area contributed by atoms with Crippen molar-refractivity contribution in [2.24, 2.45) is 10.8 Å². The van der Waals surface area contributed by atoms with Gasteiger partial charge in [-0.05, 0) is 17.4 Å². The van der Waals surface area contributed by atoms with Crippen LogP contribution in [0, 0.1) is 10.8 Å². The van der Waals surface area contributed by atoms with Crippen molar-refractivity contribution in [3.8, 4) is 0 Å². The molecule has 1 aliphatic heterocycles. The predicted octanol–water partition coefficient (Wildman–Crippen LogP) is 4.03. The average Bonchev–Trinajstić information content (AvgIpc) is 2.15. The van der Waals surface area contributed by atoms with Gasteiger partial charge in [-0.15, -0.1) is 0 Å². The van der Waals surface area contributed by atoms with Crippen LogP contribution in [0.25, 0.3) is 0 Å². The Morgan fingerprint density at radius 2 is 1.65 bits per heavy atom. The van der Waals surface area contributed by atoms with E-state index in [2.05, 4.69) is 53.4 Å². The molecule has 1 aliphatic rings. The molecule has 1 rings (SSSR count). The molecule has 1 heterocycles. The van der Waals surface area contributed by atoms with E-state index in [0.717, 1.165) is 19.8 Å². The molecule has 0 saturated carbocycles. The maximum atomic E-state index is 6.05. The quantitative estimate of drug-likeness (QED) is 0.721. The summed E-state index contributed by atoms with van der Waals surface area (Å²) in [6.07, 6.45) is 1.19. The lowest BCUT2D eigenvalue weighted by Crippen LogP contribution is -2.39. The Kier molecular flexibility index (Phi) is 4.29. The van der Waals surface area contributed by atoms with Crippen molar-refractivity contribution in [3.05, 3.63) is 11.3 Å². The summed E-state index contributed by atoms with van der Waals surface area (Å²) in [7, 11) is 0. The number of hydrogen-bond acceptors (Lipinski definition) is 2. The third kappa shape index (κ3) is 3.74. The van der Waals surface area contributed by atoms with E-state index in [4.69, 9.17) is 4.74 Å². The molecule has 17 heavy (non-hydrogen) atoms. The Morgan fingerprint density at radius 1 is 1.06 bits per heavy atom. The zero-order chi connectivity index (χ0) is 13.3. The van der Waals surface area contributed by atoms with E-state index in [9.17, 15) is 0 Å². The maximum absolute atomic E-state index is 6.05. The fraction of sp³-hybridized carbons (Fsp3) is 0.867. The lowest BCUT2D eigenvalue weighted by molar-refractivity contribution is 0.0201. The molecular formula is C15H29NO. The Bertz CT molecular complexity index is 291. The summed E-state index contributed by atoms with van der Waals surface area (Å²) in [6, 6.07) is 0. The third-order valence-corrected chi connectivity index (χ3v) is 3.17. The Morgan fingerprint density at radius 3 is 2.06 bits per heavy atom. The second-order valence-electron chi connectivity index (χ2n) is 7.13. The summed E-state index contributed by atoms with van der Waals surface area (Å²) in [4.78, 5) is 2.40. The van der Waals surface area contributed by atoms with Gasteiger partial charge >= 0.3 is 0 Å². The molecule has 0 aromatic carbocycles. The summed E-state index contributed by atoms with van der Waals surface area (Å²) in [5.41, 5.74) is 1.76. The monoisotopic (exact) mass is 239 g/mol. The minimum absolute atomic E-state index is 0.112. The molecule has 0 unspecified atom stereocenters. The summed E-state index contributed by atoms with van der Waals surface area (Å²) in [5.74, 6) is 1.21. The average molecular weight is 239 g/mol. The van der Waals surface area contributed by atoms with Crippen LogP contribution in [-0.4, -0.2) is 24.7 Å². The second kappa shape index (κ2) is 5.01. The summed E-state index contributed by atoms with van der Waals surface area (Å²) >= 11 is 0. The summed E-state index contributed by atoms with van der Waals surface area (Å²) < 4.78 is 6.05. The van der Waals surface area contributed by atoms with Crippen molar-refractivity contribution in [3.63, 3.8) is 0 Å². The van der Waals surface area contributed by atoms with Gasteiger partial charge in [0.2, 0.25) is 0 Å². The SMILES string of the molecule is CCCN1COC(C(C)(C)C)=C(C(C)(C)C)C1. The number of allylic oxidation sites excluding steroid dienone is 1. The van der Waals surface area contributed by atoms with Crippen LogP contribution in [0.1, 0.15) is 54.9 Å². The van der Waals surface area contributed by atoms with Crippen molar-refractivity contribution in [1.82, 2.24) is 4.90 Å². The fourth-order valence-corrected chi connectivity index (χ4v) is 2.29. The van der Waals surface area contributed by atoms with E-state index in [-0.39, 0.29) is 10.8 Å². The van der Waals surface area contributed by atoms with Gasteiger partial charge in [0.15, 0.2) is 0 Å². The smallest absolute Gasteiger partial charge is 0.141 e. The van der Waals surface area contributed by atoms with Gasteiger partial charge < -0.3 is 4.74 Å². The molecule has 0 N–H and O–H groups in total. The largest absolute Gasteiger partial charge is 0.482 e. The van der Waals surface area contributed by atoms with Crippen LogP contribution >= 0.6 is 0 Å². The van der Waals surface area contributed by atoms with Crippen LogP contribution in [0.3, 0.4) is 0 Å². The van der Waals surface area contributed by atoms with Crippen LogP contribution in [0.15, 0.2) is 11.3 Å². The topological polar surface area (TPSA) is 12.5 Å². The zero-order valence-electron chi connectivity index (χ0n) is 12.7. The second-order valence-corrected chi connectivity index (χ2v) is 7.13. The van der Waals surface area contributed by atoms with Crippen molar-refractivity contribution in [1.29, 1.82) is 0 Å². The van der Waals surface area contributed by atoms with Gasteiger partial charge in [-0.25, -0.2) is 0 Å². The van der Waals surface area contributed by atoms with Crippen LogP contribution in [-0.2, 0) is 4.74 Å². The van der Waals surface area contributed by atoms with E-state index < -0.39 is 0 Å². The van der Waals surface area contributed by atoms with E-state index in [0.29, 0.717) is 0 Å². The normalized spacial score (nSPS) is 19.5. The van der Waals surface area contributed by atoms with Gasteiger partial charge in [-0.1, -0.05) is 48.5 Å². The van der Waals surface area contributed by atoms with Gasteiger partial charge in [0.1, 0.15) is 12.5 Å². The molecule has 2 heteroatoms. The standard InChI is InChI=1S/C15H29NO/c1-8-9-16-10-12(14(2,3)4)13(17-11-16)15(5,6)7/h8-11H2,1-7H3. The number of ether oxygens (including phenoxy) is 1. The molecule has 0 aromatic rings. The Hall–Kier alpha value is -0.500. The molecule has 0 saturated heterocycles. The first-order valence-electron chi connectivity index (χ1n) is 6.75. The fourth-order valence-electron chi connectivity index (χ4n) is 2.29. The van der Waals surface area contributed by atoms with E-state index in [1.807, 2.05) is 0 Å². The van der Waals surface area contributed by atoms with Crippen molar-refractivity contribution < 1.29 is 4.74 Å². The number of nitrogens with zero attached hydrogens (tertiary/aromatic N) is 1. The first kappa shape index (κ1) is 14.6. The molecule has 0 atom stereocenters. The maximum Gasteiger partial charge on any atom is 0.141 e. The zero-order valence-corrected chi connectivity index (χ0v) is 12.7. The molecule has 100 valence electrons. The van der Waals surface area contributed by atoms with Crippen LogP contribution < -0.4 is 0 Å². The van der Waals surface area contributed by atoms with Crippen molar-refractivity contribution in [2.75, 3.05) is 19.8 Å². The molecule has 0 radical (unpaired) electrons. The van der Waals surface area contributed by atoms with Gasteiger partial charge in [-0.2, -0.15) is 0 Å². The third-order valence-electron chi connectivity index (χ3n) is 3.17. The molecule has 0 aliphatic carbocycles. The van der Waals surface area contributed by atoms with Gasteiger partial charge in [0, 0.05) is 18.5 Å². The molecule has 0 amide bonds. The summed E-state index contributed by atoms with van der Waals surface area (Å²) in [6.45, 7) is 18.7. The van der Waals surface area contributed by atoms with Crippen LogP contribution in [0.4, 0.5) is 0 Å².